The lowest BCUT2D eigenvalue weighted by Crippen LogP contribution is -2.46. The monoisotopic (exact) mass is 562 g/mol. The van der Waals surface area contributed by atoms with Crippen molar-refractivity contribution in [2.24, 2.45) is 5.92 Å². The molecule has 3 atom stereocenters. The number of amides is 1. The van der Waals surface area contributed by atoms with Gasteiger partial charge in [0.1, 0.15) is 11.6 Å². The largest absolute Gasteiger partial charge is 0.478 e. The lowest BCUT2D eigenvalue weighted by atomic mass is 9.80. The third-order valence-corrected chi connectivity index (χ3v) is 7.57. The number of nitrogens with zero attached hydrogens (tertiary/aromatic N) is 1. The highest BCUT2D eigenvalue weighted by Crippen LogP contribution is 2.34. The molecule has 1 fully saturated rings. The number of carboxylic acids is 1. The summed E-state index contributed by atoms with van der Waals surface area (Å²) in [5.74, 6) is -0.968. The van der Waals surface area contributed by atoms with Crippen molar-refractivity contribution >= 4 is 35.2 Å². The first-order valence-corrected chi connectivity index (χ1v) is 13.2. The van der Waals surface area contributed by atoms with E-state index in [1.54, 1.807) is 17.0 Å². The van der Waals surface area contributed by atoms with Gasteiger partial charge in [0.05, 0.1) is 5.56 Å². The van der Waals surface area contributed by atoms with Crippen molar-refractivity contribution in [2.75, 3.05) is 19.6 Å². The molecule has 0 aliphatic carbocycles. The minimum atomic E-state index is -1.05. The molecule has 1 aliphatic heterocycles. The van der Waals surface area contributed by atoms with Gasteiger partial charge < -0.3 is 20.1 Å². The Hall–Kier alpha value is -3.94. The Balaban J connectivity index is 0.00000370. The van der Waals surface area contributed by atoms with Crippen molar-refractivity contribution in [1.29, 1.82) is 0 Å². The number of hydrogen-bond donors (Lipinski definition) is 2. The first-order valence-electron chi connectivity index (χ1n) is 13.2. The number of benzene rings is 4. The highest BCUT2D eigenvalue weighted by Gasteiger charge is 2.34. The summed E-state index contributed by atoms with van der Waals surface area (Å²) in [4.78, 5) is 25.7. The third-order valence-electron chi connectivity index (χ3n) is 7.57. The molecule has 0 spiro atoms. The van der Waals surface area contributed by atoms with Crippen LogP contribution in [0.15, 0.2) is 91.0 Å². The summed E-state index contributed by atoms with van der Waals surface area (Å²) in [6.07, 6.45) is 0.221. The van der Waals surface area contributed by atoms with Crippen LogP contribution in [0.3, 0.4) is 0 Å². The molecule has 0 aromatic heterocycles. The number of piperidine rings is 1. The first-order chi connectivity index (χ1) is 18.9. The van der Waals surface area contributed by atoms with Crippen molar-refractivity contribution in [1.82, 2.24) is 10.2 Å². The Morgan fingerprint density at radius 3 is 2.50 bits per heavy atom. The van der Waals surface area contributed by atoms with E-state index in [1.165, 1.54) is 46.7 Å². The normalized spacial score (nSPS) is 17.6. The quantitative estimate of drug-likeness (QED) is 0.252. The number of hydrogen-bond acceptors (Lipinski definition) is 4. The first kappa shape index (κ1) is 29.1. The maximum Gasteiger partial charge on any atom is 0.415 e. The summed E-state index contributed by atoms with van der Waals surface area (Å²) in [7, 11) is 0. The third kappa shape index (κ3) is 6.61. The number of carbonyl (C=O) groups excluding carboxylic acids is 1. The number of halogens is 2. The molecule has 4 aromatic carbocycles. The van der Waals surface area contributed by atoms with Crippen LogP contribution in [0.2, 0.25) is 0 Å². The van der Waals surface area contributed by atoms with Crippen LogP contribution < -0.4 is 10.1 Å². The maximum atomic E-state index is 14.2. The Kier molecular flexibility index (Phi) is 9.40. The van der Waals surface area contributed by atoms with Gasteiger partial charge in [-0.2, -0.15) is 0 Å². The Morgan fingerprint density at radius 1 is 1.02 bits per heavy atom. The van der Waals surface area contributed by atoms with Gasteiger partial charge in [-0.3, -0.25) is 0 Å². The van der Waals surface area contributed by atoms with Crippen LogP contribution in [-0.4, -0.2) is 41.7 Å². The minimum Gasteiger partial charge on any atom is -0.478 e. The summed E-state index contributed by atoms with van der Waals surface area (Å²) in [5, 5.41) is 15.2. The van der Waals surface area contributed by atoms with Crippen LogP contribution in [0, 0.1) is 11.7 Å². The van der Waals surface area contributed by atoms with Crippen LogP contribution >= 0.6 is 12.4 Å². The molecule has 0 bridgehead atoms. The molecule has 5 rings (SSSR count). The van der Waals surface area contributed by atoms with Gasteiger partial charge in [-0.1, -0.05) is 54.6 Å². The van der Waals surface area contributed by atoms with E-state index in [1.807, 2.05) is 18.2 Å². The van der Waals surface area contributed by atoms with E-state index in [2.05, 4.69) is 42.6 Å². The zero-order valence-electron chi connectivity index (χ0n) is 22.1. The zero-order valence-corrected chi connectivity index (χ0v) is 22.9. The molecular formula is C32H32ClFN2O4. The van der Waals surface area contributed by atoms with Gasteiger partial charge in [0.25, 0.3) is 0 Å². The van der Waals surface area contributed by atoms with Gasteiger partial charge in [-0.25, -0.2) is 14.0 Å². The number of carboxylic acid groups (broad SMARTS) is 1. The van der Waals surface area contributed by atoms with Crippen LogP contribution in [0.1, 0.15) is 46.8 Å². The fourth-order valence-corrected chi connectivity index (χ4v) is 5.42. The molecule has 6 nitrogen and oxygen atoms in total. The molecule has 4 aromatic rings. The van der Waals surface area contributed by atoms with Crippen LogP contribution in [0.5, 0.6) is 5.75 Å². The molecule has 1 amide bonds. The maximum absolute atomic E-state index is 14.2. The highest BCUT2D eigenvalue weighted by atomic mass is 35.5. The summed E-state index contributed by atoms with van der Waals surface area (Å²) < 4.78 is 19.7. The van der Waals surface area contributed by atoms with Crippen LogP contribution in [0.25, 0.3) is 10.8 Å². The number of rotatable bonds is 7. The van der Waals surface area contributed by atoms with Crippen molar-refractivity contribution in [3.63, 3.8) is 0 Å². The molecule has 1 saturated heterocycles. The Labute approximate surface area is 239 Å². The fourth-order valence-electron chi connectivity index (χ4n) is 5.42. The lowest BCUT2D eigenvalue weighted by molar-refractivity contribution is 0.0697. The Bertz CT molecular complexity index is 1470. The van der Waals surface area contributed by atoms with E-state index in [4.69, 9.17) is 9.84 Å². The molecule has 40 heavy (non-hydrogen) atoms. The lowest BCUT2D eigenvalue weighted by Gasteiger charge is -2.39. The van der Waals surface area contributed by atoms with Gasteiger partial charge in [-0.05, 0) is 84.1 Å². The molecule has 1 aliphatic rings. The topological polar surface area (TPSA) is 78.9 Å². The second-order valence-electron chi connectivity index (χ2n) is 10.1. The zero-order chi connectivity index (χ0) is 27.4. The average molecular weight is 563 g/mol. The van der Waals surface area contributed by atoms with E-state index < -0.39 is 12.1 Å². The summed E-state index contributed by atoms with van der Waals surface area (Å²) in [5.41, 5.74) is 2.19. The number of likely N-dealkylation sites (tertiary alicyclic amines) is 1. The molecule has 8 heteroatoms. The van der Waals surface area contributed by atoms with Crippen LogP contribution in [-0.2, 0) is 0 Å². The van der Waals surface area contributed by atoms with E-state index in [0.29, 0.717) is 19.6 Å². The van der Waals surface area contributed by atoms with Gasteiger partial charge in [0, 0.05) is 25.0 Å². The molecule has 2 unspecified atom stereocenters. The predicted octanol–water partition coefficient (Wildman–Crippen LogP) is 7.05. The van der Waals surface area contributed by atoms with Gasteiger partial charge in [0.15, 0.2) is 0 Å². The van der Waals surface area contributed by atoms with Crippen LogP contribution in [0.4, 0.5) is 9.18 Å². The van der Waals surface area contributed by atoms with Crippen molar-refractivity contribution in [3.05, 3.63) is 114 Å². The molecule has 0 radical (unpaired) electrons. The number of aromatic carboxylic acids is 1. The molecule has 2 N–H and O–H groups in total. The highest BCUT2D eigenvalue weighted by molar-refractivity contribution is 5.88. The second-order valence-corrected chi connectivity index (χ2v) is 10.1. The molecule has 208 valence electrons. The fraction of sp³-hybridized carbons (Fsp3) is 0.250. The number of fused-ring (bicyclic) bond motifs is 1. The summed E-state index contributed by atoms with van der Waals surface area (Å²) >= 11 is 0. The van der Waals surface area contributed by atoms with E-state index >= 15 is 0 Å². The van der Waals surface area contributed by atoms with Crippen molar-refractivity contribution < 1.29 is 23.8 Å². The van der Waals surface area contributed by atoms with E-state index in [9.17, 15) is 14.0 Å². The standard InChI is InChI=1S/C32H31FN2O4.ClH/c1-21(28-11-5-7-22-6-2-3-10-29(22)28)34-19-25-16-17-35(20-30(25)24-8-4-9-26(33)18-24)32(38)39-27-14-12-23(13-15-27)31(36)37;/h2-15,18,21,25,30,34H,16-17,19-20H2,1H3,(H,36,37);1H/t21-,25?,30?;/m1./s1. The average Bonchev–Trinajstić information content (AvgIpc) is 2.95. The number of ether oxygens (including phenoxy) is 1. The van der Waals surface area contributed by atoms with Gasteiger partial charge >= 0.3 is 12.1 Å². The second kappa shape index (κ2) is 12.9. The van der Waals surface area contributed by atoms with Gasteiger partial charge in [0.2, 0.25) is 0 Å². The van der Waals surface area contributed by atoms with E-state index in [-0.39, 0.29) is 47.4 Å². The van der Waals surface area contributed by atoms with Crippen molar-refractivity contribution in [3.8, 4) is 5.75 Å². The van der Waals surface area contributed by atoms with Crippen molar-refractivity contribution in [2.45, 2.75) is 25.3 Å². The number of carbonyl (C=O) groups is 2. The Morgan fingerprint density at radius 2 is 1.75 bits per heavy atom. The molecular weight excluding hydrogens is 531 g/mol. The predicted molar refractivity (Wildman–Crippen MR) is 156 cm³/mol. The molecule has 1 heterocycles. The smallest absolute Gasteiger partial charge is 0.415 e. The summed E-state index contributed by atoms with van der Waals surface area (Å²) in [6.45, 7) is 3.77. The summed E-state index contributed by atoms with van der Waals surface area (Å²) in [6, 6.07) is 27.1. The van der Waals surface area contributed by atoms with E-state index in [0.717, 1.165) is 12.0 Å². The minimum absolute atomic E-state index is 0. The number of nitrogens with one attached hydrogen (secondary N) is 1. The SMILES string of the molecule is C[C@@H](NCC1CCN(C(=O)Oc2ccc(C(=O)O)cc2)CC1c1cccc(F)c1)c1cccc2ccccc12.Cl. The van der Waals surface area contributed by atoms with Gasteiger partial charge in [-0.15, -0.1) is 12.4 Å². The molecule has 0 saturated carbocycles.